The Morgan fingerprint density at radius 3 is 2.20 bits per heavy atom. The van der Waals surface area contributed by atoms with Gasteiger partial charge in [-0.1, -0.05) is 0 Å². The molecule has 0 bridgehead atoms. The molecule has 3 heteroatoms. The van der Waals surface area contributed by atoms with Crippen LogP contribution in [0.3, 0.4) is 0 Å². The molecule has 1 aliphatic heterocycles. The highest BCUT2D eigenvalue weighted by Gasteiger charge is 2.37. The lowest BCUT2D eigenvalue weighted by Crippen LogP contribution is -2.51. The van der Waals surface area contributed by atoms with Crippen LogP contribution in [0.2, 0.25) is 0 Å². The molecule has 0 atom stereocenters. The lowest BCUT2D eigenvalue weighted by molar-refractivity contribution is -0.0382. The number of halogens is 1. The zero-order valence-electron chi connectivity index (χ0n) is 10.5. The average Bonchev–Trinajstić information content (AvgIpc) is 2.14. The second-order valence-electron chi connectivity index (χ2n) is 5.45. The van der Waals surface area contributed by atoms with Gasteiger partial charge in [0.25, 0.3) is 0 Å². The van der Waals surface area contributed by atoms with Crippen LogP contribution in [0.25, 0.3) is 0 Å². The van der Waals surface area contributed by atoms with Gasteiger partial charge in [-0.15, -0.1) is 0 Å². The van der Waals surface area contributed by atoms with E-state index < -0.39 is 5.67 Å². The first-order valence-electron chi connectivity index (χ1n) is 5.89. The number of hydrogen-bond acceptors (Lipinski definition) is 2. The molecule has 90 valence electrons. The molecule has 0 saturated carbocycles. The van der Waals surface area contributed by atoms with Crippen LogP contribution < -0.4 is 0 Å². The largest absolute Gasteiger partial charge is 0.378 e. The molecule has 1 heterocycles. The van der Waals surface area contributed by atoms with Crippen molar-refractivity contribution in [2.45, 2.75) is 51.7 Å². The summed E-state index contributed by atoms with van der Waals surface area (Å²) in [5.74, 6) is 0. The Morgan fingerprint density at radius 1 is 1.27 bits per heavy atom. The van der Waals surface area contributed by atoms with Crippen molar-refractivity contribution in [3.05, 3.63) is 0 Å². The molecule has 0 N–H and O–H groups in total. The maximum absolute atomic E-state index is 14.2. The summed E-state index contributed by atoms with van der Waals surface area (Å²) in [6, 6.07) is 0. The number of nitrogens with zero attached hydrogens (tertiary/aromatic N) is 1. The second-order valence-corrected chi connectivity index (χ2v) is 5.45. The summed E-state index contributed by atoms with van der Waals surface area (Å²) in [5, 5.41) is 0. The van der Waals surface area contributed by atoms with Gasteiger partial charge in [-0.05, 0) is 40.5 Å². The molecule has 0 aliphatic carbocycles. The summed E-state index contributed by atoms with van der Waals surface area (Å²) in [7, 11) is 0. The summed E-state index contributed by atoms with van der Waals surface area (Å²) in [6.07, 6.45) is 1.20. The van der Waals surface area contributed by atoms with E-state index in [1.54, 1.807) is 0 Å². The van der Waals surface area contributed by atoms with Crippen LogP contribution in [0.5, 0.6) is 0 Å². The SMILES string of the molecule is CCOCC1(F)CCN(C(C)(C)C)CC1. The number of hydrogen-bond donors (Lipinski definition) is 0. The van der Waals surface area contributed by atoms with E-state index >= 15 is 0 Å². The van der Waals surface area contributed by atoms with Crippen molar-refractivity contribution in [2.75, 3.05) is 26.3 Å². The van der Waals surface area contributed by atoms with Gasteiger partial charge in [0, 0.05) is 25.2 Å². The average molecular weight is 217 g/mol. The maximum Gasteiger partial charge on any atom is 0.136 e. The molecule has 0 amide bonds. The van der Waals surface area contributed by atoms with E-state index in [9.17, 15) is 4.39 Å². The molecule has 0 unspecified atom stereocenters. The first-order valence-corrected chi connectivity index (χ1v) is 5.89. The minimum absolute atomic E-state index is 0.160. The highest BCUT2D eigenvalue weighted by atomic mass is 19.1. The van der Waals surface area contributed by atoms with Crippen LogP contribution in [-0.4, -0.2) is 42.4 Å². The predicted octanol–water partition coefficient (Wildman–Crippen LogP) is 2.63. The minimum Gasteiger partial charge on any atom is -0.378 e. The van der Waals surface area contributed by atoms with Crippen molar-refractivity contribution in [1.82, 2.24) is 4.90 Å². The summed E-state index contributed by atoms with van der Waals surface area (Å²) in [6.45, 7) is 11.0. The topological polar surface area (TPSA) is 12.5 Å². The molecule has 1 fully saturated rings. The monoisotopic (exact) mass is 217 g/mol. The molecular formula is C12H24FNO. The molecule has 2 nitrogen and oxygen atoms in total. The minimum atomic E-state index is -1.09. The third-order valence-corrected chi connectivity index (χ3v) is 3.17. The summed E-state index contributed by atoms with van der Waals surface area (Å²) in [4.78, 5) is 2.34. The molecule has 0 aromatic heterocycles. The summed E-state index contributed by atoms with van der Waals surface area (Å²) in [5.41, 5.74) is -0.926. The Labute approximate surface area is 92.8 Å². The van der Waals surface area contributed by atoms with E-state index in [0.29, 0.717) is 19.4 Å². The van der Waals surface area contributed by atoms with Gasteiger partial charge in [0.2, 0.25) is 0 Å². The van der Waals surface area contributed by atoms with E-state index in [2.05, 4.69) is 25.7 Å². The molecular weight excluding hydrogens is 193 g/mol. The first kappa shape index (κ1) is 12.9. The number of ether oxygens (including phenoxy) is 1. The highest BCUT2D eigenvalue weighted by molar-refractivity contribution is 4.90. The Hall–Kier alpha value is -0.150. The van der Waals surface area contributed by atoms with Gasteiger partial charge in [0.15, 0.2) is 0 Å². The van der Waals surface area contributed by atoms with Crippen LogP contribution in [0.15, 0.2) is 0 Å². The fourth-order valence-electron chi connectivity index (χ4n) is 2.01. The Morgan fingerprint density at radius 2 is 1.80 bits per heavy atom. The molecule has 1 aliphatic rings. The van der Waals surface area contributed by atoms with E-state index in [-0.39, 0.29) is 12.1 Å². The smallest absolute Gasteiger partial charge is 0.136 e. The van der Waals surface area contributed by atoms with Gasteiger partial charge in [0.05, 0.1) is 6.61 Å². The third kappa shape index (κ3) is 3.72. The number of alkyl halides is 1. The normalized spacial score (nSPS) is 23.0. The molecule has 1 saturated heterocycles. The van der Waals surface area contributed by atoms with E-state index in [4.69, 9.17) is 4.74 Å². The Balaban J connectivity index is 2.41. The number of likely N-dealkylation sites (tertiary alicyclic amines) is 1. The zero-order chi connectivity index (χ0) is 11.5. The fourth-order valence-corrected chi connectivity index (χ4v) is 2.01. The van der Waals surface area contributed by atoms with Crippen molar-refractivity contribution in [1.29, 1.82) is 0 Å². The lowest BCUT2D eigenvalue weighted by atomic mass is 9.91. The second kappa shape index (κ2) is 4.79. The number of piperidine rings is 1. The van der Waals surface area contributed by atoms with Crippen LogP contribution in [0.1, 0.15) is 40.5 Å². The molecule has 0 aromatic rings. The van der Waals surface area contributed by atoms with Gasteiger partial charge < -0.3 is 4.74 Å². The van der Waals surface area contributed by atoms with Crippen molar-refractivity contribution < 1.29 is 9.13 Å². The maximum atomic E-state index is 14.2. The van der Waals surface area contributed by atoms with Gasteiger partial charge in [-0.2, -0.15) is 0 Å². The van der Waals surface area contributed by atoms with Crippen LogP contribution in [0.4, 0.5) is 4.39 Å². The molecule has 0 spiro atoms. The molecule has 1 rings (SSSR count). The van der Waals surface area contributed by atoms with E-state index in [1.807, 2.05) is 6.92 Å². The predicted molar refractivity (Wildman–Crippen MR) is 60.9 cm³/mol. The summed E-state index contributed by atoms with van der Waals surface area (Å²) < 4.78 is 19.4. The van der Waals surface area contributed by atoms with Crippen molar-refractivity contribution in [3.63, 3.8) is 0 Å². The van der Waals surface area contributed by atoms with Crippen molar-refractivity contribution in [2.24, 2.45) is 0 Å². The summed E-state index contributed by atoms with van der Waals surface area (Å²) >= 11 is 0. The molecule has 15 heavy (non-hydrogen) atoms. The van der Waals surface area contributed by atoms with Gasteiger partial charge >= 0.3 is 0 Å². The van der Waals surface area contributed by atoms with Gasteiger partial charge in [-0.3, -0.25) is 4.90 Å². The molecule has 0 aromatic carbocycles. The van der Waals surface area contributed by atoms with Crippen molar-refractivity contribution >= 4 is 0 Å². The van der Waals surface area contributed by atoms with E-state index in [0.717, 1.165) is 13.1 Å². The molecule has 0 radical (unpaired) electrons. The Bertz CT molecular complexity index is 192. The highest BCUT2D eigenvalue weighted by Crippen LogP contribution is 2.30. The Kier molecular flexibility index (Phi) is 4.13. The standard InChI is InChI=1S/C12H24FNO/c1-5-15-10-12(13)6-8-14(9-7-12)11(2,3)4/h5-10H2,1-4H3. The first-order chi connectivity index (χ1) is 6.87. The van der Waals surface area contributed by atoms with Crippen LogP contribution >= 0.6 is 0 Å². The zero-order valence-corrected chi connectivity index (χ0v) is 10.5. The van der Waals surface area contributed by atoms with Crippen molar-refractivity contribution in [3.8, 4) is 0 Å². The number of rotatable bonds is 3. The van der Waals surface area contributed by atoms with E-state index in [1.165, 1.54) is 0 Å². The third-order valence-electron chi connectivity index (χ3n) is 3.17. The fraction of sp³-hybridized carbons (Fsp3) is 1.00. The van der Waals surface area contributed by atoms with Crippen LogP contribution in [-0.2, 0) is 4.74 Å². The van der Waals surface area contributed by atoms with Gasteiger partial charge in [-0.25, -0.2) is 4.39 Å². The lowest BCUT2D eigenvalue weighted by Gasteiger charge is -2.43. The van der Waals surface area contributed by atoms with Crippen LogP contribution in [0, 0.1) is 0 Å². The van der Waals surface area contributed by atoms with Gasteiger partial charge in [0.1, 0.15) is 5.67 Å². The quantitative estimate of drug-likeness (QED) is 0.720.